The number of amides is 1. The van der Waals surface area contributed by atoms with Crippen LogP contribution in [0.25, 0.3) is 0 Å². The Kier molecular flexibility index (Phi) is 9.54. The molecule has 0 aromatic carbocycles. The van der Waals surface area contributed by atoms with Gasteiger partial charge in [0.05, 0.1) is 12.9 Å². The number of carbonyl (C=O) groups is 1. The highest BCUT2D eigenvalue weighted by Gasteiger charge is 2.06. The van der Waals surface area contributed by atoms with Crippen molar-refractivity contribution in [2.75, 3.05) is 39.9 Å². The normalized spacial score (nSPS) is 11.6. The number of rotatable bonds is 10. The molecule has 0 aliphatic heterocycles. The number of carbonyl (C=O) groups excluding carboxylic acids is 1. The summed E-state index contributed by atoms with van der Waals surface area (Å²) in [6.45, 7) is 7.52. The van der Waals surface area contributed by atoms with Crippen LogP contribution >= 0.6 is 0 Å². The summed E-state index contributed by atoms with van der Waals surface area (Å²) in [5.41, 5.74) is 0. The summed E-state index contributed by atoms with van der Waals surface area (Å²) in [4.78, 5) is 15.8. The Morgan fingerprint density at radius 3 is 2.61 bits per heavy atom. The Morgan fingerprint density at radius 1 is 1.22 bits per heavy atom. The number of hydrogen-bond acceptors (Lipinski definition) is 4. The molecular weight excluding hydrogens is 296 g/mol. The summed E-state index contributed by atoms with van der Waals surface area (Å²) in [5, 5.41) is 9.03. The Bertz CT molecular complexity index is 458. The number of aliphatic imine (C=N–C) groups is 1. The summed E-state index contributed by atoms with van der Waals surface area (Å²) in [6, 6.07) is 3.31. The van der Waals surface area contributed by atoms with Crippen LogP contribution < -0.4 is 16.0 Å². The first-order chi connectivity index (χ1) is 11.1. The van der Waals surface area contributed by atoms with Crippen LogP contribution in [0.4, 0.5) is 0 Å². The summed E-state index contributed by atoms with van der Waals surface area (Å²) >= 11 is 0. The van der Waals surface area contributed by atoms with E-state index in [1.165, 1.54) is 6.26 Å². The smallest absolute Gasteiger partial charge is 0.287 e. The van der Waals surface area contributed by atoms with E-state index in [0.717, 1.165) is 13.0 Å². The van der Waals surface area contributed by atoms with Crippen molar-refractivity contribution in [1.29, 1.82) is 0 Å². The summed E-state index contributed by atoms with van der Waals surface area (Å²) < 4.78 is 10.5. The maximum Gasteiger partial charge on any atom is 0.287 e. The minimum absolute atomic E-state index is 0.224. The van der Waals surface area contributed by atoms with Gasteiger partial charge in [0.1, 0.15) is 0 Å². The summed E-state index contributed by atoms with van der Waals surface area (Å²) in [5.74, 6) is 1.43. The molecule has 0 aliphatic rings. The SMILES string of the molecule is CN=C(NCCNC(=O)c1ccco1)NCCOCCC(C)C. The number of furan rings is 1. The fraction of sp³-hybridized carbons (Fsp3) is 0.625. The molecule has 1 aromatic rings. The molecule has 0 bridgehead atoms. The lowest BCUT2D eigenvalue weighted by Gasteiger charge is -2.12. The van der Waals surface area contributed by atoms with Gasteiger partial charge in [0, 0.05) is 33.3 Å². The molecule has 0 unspecified atom stereocenters. The second kappa shape index (κ2) is 11.5. The lowest BCUT2D eigenvalue weighted by atomic mass is 10.1. The van der Waals surface area contributed by atoms with Gasteiger partial charge in [0.25, 0.3) is 5.91 Å². The number of hydrogen-bond donors (Lipinski definition) is 3. The van der Waals surface area contributed by atoms with E-state index in [9.17, 15) is 4.79 Å². The Labute approximate surface area is 137 Å². The monoisotopic (exact) mass is 324 g/mol. The predicted molar refractivity (Wildman–Crippen MR) is 90.7 cm³/mol. The minimum Gasteiger partial charge on any atom is -0.459 e. The molecule has 1 rings (SSSR count). The average molecular weight is 324 g/mol. The van der Waals surface area contributed by atoms with Crippen LogP contribution in [0.15, 0.2) is 27.8 Å². The maximum atomic E-state index is 11.6. The van der Waals surface area contributed by atoms with Crippen LogP contribution in [0, 0.1) is 5.92 Å². The molecule has 7 heteroatoms. The number of ether oxygens (including phenoxy) is 1. The van der Waals surface area contributed by atoms with Crippen molar-refractivity contribution in [3.63, 3.8) is 0 Å². The molecule has 3 N–H and O–H groups in total. The molecule has 130 valence electrons. The fourth-order valence-corrected chi connectivity index (χ4v) is 1.74. The van der Waals surface area contributed by atoms with Gasteiger partial charge >= 0.3 is 0 Å². The van der Waals surface area contributed by atoms with Crippen LogP contribution in [0.5, 0.6) is 0 Å². The zero-order valence-electron chi connectivity index (χ0n) is 14.2. The van der Waals surface area contributed by atoms with Gasteiger partial charge in [-0.2, -0.15) is 0 Å². The molecule has 0 saturated carbocycles. The van der Waals surface area contributed by atoms with Gasteiger partial charge in [-0.25, -0.2) is 0 Å². The van der Waals surface area contributed by atoms with E-state index in [-0.39, 0.29) is 5.91 Å². The lowest BCUT2D eigenvalue weighted by Crippen LogP contribution is -2.42. The number of guanidine groups is 1. The molecule has 0 fully saturated rings. The Morgan fingerprint density at radius 2 is 1.96 bits per heavy atom. The van der Waals surface area contributed by atoms with E-state index in [4.69, 9.17) is 9.15 Å². The van der Waals surface area contributed by atoms with Crippen molar-refractivity contribution in [3.05, 3.63) is 24.2 Å². The van der Waals surface area contributed by atoms with E-state index in [0.29, 0.717) is 43.9 Å². The van der Waals surface area contributed by atoms with Crippen LogP contribution in [0.3, 0.4) is 0 Å². The van der Waals surface area contributed by atoms with Crippen molar-refractivity contribution in [2.24, 2.45) is 10.9 Å². The number of nitrogens with one attached hydrogen (secondary N) is 3. The van der Waals surface area contributed by atoms with Gasteiger partial charge in [0.15, 0.2) is 11.7 Å². The van der Waals surface area contributed by atoms with Crippen LogP contribution in [0.1, 0.15) is 30.8 Å². The van der Waals surface area contributed by atoms with E-state index >= 15 is 0 Å². The van der Waals surface area contributed by atoms with Gasteiger partial charge in [-0.1, -0.05) is 13.8 Å². The fourth-order valence-electron chi connectivity index (χ4n) is 1.74. The molecule has 7 nitrogen and oxygen atoms in total. The highest BCUT2D eigenvalue weighted by molar-refractivity contribution is 5.91. The van der Waals surface area contributed by atoms with Gasteiger partial charge in [0.2, 0.25) is 0 Å². The van der Waals surface area contributed by atoms with Crippen molar-refractivity contribution in [3.8, 4) is 0 Å². The molecular formula is C16H28N4O3. The first kappa shape index (κ1) is 19.0. The summed E-state index contributed by atoms with van der Waals surface area (Å²) in [7, 11) is 1.70. The first-order valence-electron chi connectivity index (χ1n) is 7.97. The van der Waals surface area contributed by atoms with Crippen molar-refractivity contribution in [1.82, 2.24) is 16.0 Å². The Hall–Kier alpha value is -2.02. The molecule has 1 aromatic heterocycles. The highest BCUT2D eigenvalue weighted by atomic mass is 16.5. The number of nitrogens with zero attached hydrogens (tertiary/aromatic N) is 1. The van der Waals surface area contributed by atoms with E-state index in [2.05, 4.69) is 34.8 Å². The van der Waals surface area contributed by atoms with Gasteiger partial charge in [-0.15, -0.1) is 0 Å². The van der Waals surface area contributed by atoms with Crippen molar-refractivity contribution in [2.45, 2.75) is 20.3 Å². The maximum absolute atomic E-state index is 11.6. The van der Waals surface area contributed by atoms with E-state index in [1.54, 1.807) is 19.2 Å². The third-order valence-corrected chi connectivity index (χ3v) is 3.05. The molecule has 23 heavy (non-hydrogen) atoms. The molecule has 1 amide bonds. The molecule has 0 radical (unpaired) electrons. The lowest BCUT2D eigenvalue weighted by molar-refractivity contribution is 0.0926. The molecule has 0 saturated heterocycles. The van der Waals surface area contributed by atoms with Gasteiger partial charge in [-0.3, -0.25) is 9.79 Å². The zero-order valence-corrected chi connectivity index (χ0v) is 14.2. The van der Waals surface area contributed by atoms with Crippen LogP contribution in [-0.2, 0) is 4.74 Å². The summed E-state index contributed by atoms with van der Waals surface area (Å²) in [6.07, 6.45) is 2.55. The average Bonchev–Trinajstić information content (AvgIpc) is 3.06. The molecule has 1 heterocycles. The van der Waals surface area contributed by atoms with Crippen LogP contribution in [-0.4, -0.2) is 51.8 Å². The van der Waals surface area contributed by atoms with Crippen molar-refractivity contribution >= 4 is 11.9 Å². The second-order valence-corrected chi connectivity index (χ2v) is 5.45. The third-order valence-electron chi connectivity index (χ3n) is 3.05. The third kappa shape index (κ3) is 8.87. The molecule has 0 atom stereocenters. The molecule has 0 spiro atoms. The first-order valence-corrected chi connectivity index (χ1v) is 7.97. The topological polar surface area (TPSA) is 87.9 Å². The van der Waals surface area contributed by atoms with Crippen LogP contribution in [0.2, 0.25) is 0 Å². The second-order valence-electron chi connectivity index (χ2n) is 5.45. The highest BCUT2D eigenvalue weighted by Crippen LogP contribution is 1.98. The minimum atomic E-state index is -0.224. The predicted octanol–water partition coefficient (Wildman–Crippen LogP) is 1.24. The van der Waals surface area contributed by atoms with Crippen molar-refractivity contribution < 1.29 is 13.9 Å². The molecule has 0 aliphatic carbocycles. The zero-order chi connectivity index (χ0) is 16.9. The van der Waals surface area contributed by atoms with Gasteiger partial charge in [-0.05, 0) is 24.5 Å². The standard InChI is InChI=1S/C16H28N4O3/c1-13(2)6-11-22-12-9-20-16(17-3)19-8-7-18-15(21)14-5-4-10-23-14/h4-5,10,13H,6-9,11-12H2,1-3H3,(H,18,21)(H2,17,19,20). The van der Waals surface area contributed by atoms with E-state index in [1.807, 2.05) is 0 Å². The largest absolute Gasteiger partial charge is 0.459 e. The quantitative estimate of drug-likeness (QED) is 0.342. The van der Waals surface area contributed by atoms with E-state index < -0.39 is 0 Å². The Balaban J connectivity index is 2.04. The van der Waals surface area contributed by atoms with Gasteiger partial charge < -0.3 is 25.1 Å².